The zero-order valence-corrected chi connectivity index (χ0v) is 13.1. The van der Waals surface area contributed by atoms with Gasteiger partial charge in [-0.2, -0.15) is 0 Å². The average Bonchev–Trinajstić information content (AvgIpc) is 2.42. The molecule has 0 radical (unpaired) electrons. The number of aromatic nitrogens is 1. The van der Waals surface area contributed by atoms with E-state index in [1.165, 1.54) is 0 Å². The van der Waals surface area contributed by atoms with Crippen LogP contribution in [0.5, 0.6) is 5.75 Å². The Balaban J connectivity index is 2.16. The minimum Gasteiger partial charge on any atom is -0.484 e. The van der Waals surface area contributed by atoms with Crippen LogP contribution in [0.2, 0.25) is 15.1 Å². The Bertz CT molecular complexity index is 585. The van der Waals surface area contributed by atoms with E-state index in [1.807, 2.05) is 13.0 Å². The van der Waals surface area contributed by atoms with Gasteiger partial charge in [0.05, 0.1) is 20.8 Å². The summed E-state index contributed by atoms with van der Waals surface area (Å²) in [6.07, 6.45) is 0. The number of hydrogen-bond donors (Lipinski definition) is 1. The molecule has 20 heavy (non-hydrogen) atoms. The quantitative estimate of drug-likeness (QED) is 0.832. The van der Waals surface area contributed by atoms with Crippen LogP contribution >= 0.6 is 34.8 Å². The third-order valence-electron chi connectivity index (χ3n) is 2.55. The highest BCUT2D eigenvalue weighted by atomic mass is 35.5. The number of hydrogen-bond acceptors (Lipinski definition) is 3. The molecule has 0 aliphatic heterocycles. The predicted molar refractivity (Wildman–Crippen MR) is 84.2 cm³/mol. The normalized spacial score (nSPS) is 10.4. The second-order valence-electron chi connectivity index (χ2n) is 3.99. The molecule has 1 N–H and O–H groups in total. The lowest BCUT2D eigenvalue weighted by molar-refractivity contribution is 0.302. The van der Waals surface area contributed by atoms with Gasteiger partial charge in [0.15, 0.2) is 5.75 Å². The maximum atomic E-state index is 6.11. The van der Waals surface area contributed by atoms with E-state index in [2.05, 4.69) is 10.3 Å². The summed E-state index contributed by atoms with van der Waals surface area (Å²) in [6.45, 7) is 2.97. The van der Waals surface area contributed by atoms with Crippen LogP contribution in [0.25, 0.3) is 0 Å². The first-order chi connectivity index (χ1) is 9.61. The largest absolute Gasteiger partial charge is 0.484 e. The molecule has 0 unspecified atom stereocenters. The zero-order chi connectivity index (χ0) is 14.5. The van der Waals surface area contributed by atoms with Gasteiger partial charge in [-0.15, -0.1) is 0 Å². The number of anilines is 1. The topological polar surface area (TPSA) is 34.1 Å². The van der Waals surface area contributed by atoms with Crippen LogP contribution in [0.1, 0.15) is 12.6 Å². The fourth-order valence-corrected chi connectivity index (χ4v) is 2.29. The molecule has 0 bridgehead atoms. The molecule has 2 rings (SSSR count). The standard InChI is InChI=1S/C14H13Cl3N2O/c1-2-18-13-7-6-9(15)12(19-13)8-20-14-10(16)4-3-5-11(14)17/h3-7H,2,8H2,1H3,(H,18,19). The van der Waals surface area contributed by atoms with Crippen LogP contribution in [0.4, 0.5) is 5.82 Å². The zero-order valence-electron chi connectivity index (χ0n) is 10.8. The number of benzene rings is 1. The summed E-state index contributed by atoms with van der Waals surface area (Å²) in [5.74, 6) is 1.18. The van der Waals surface area contributed by atoms with Crippen LogP contribution in [-0.4, -0.2) is 11.5 Å². The van der Waals surface area contributed by atoms with Gasteiger partial charge < -0.3 is 10.1 Å². The van der Waals surface area contributed by atoms with Crippen molar-refractivity contribution in [3.8, 4) is 5.75 Å². The number of pyridine rings is 1. The second kappa shape index (κ2) is 7.02. The summed E-state index contributed by atoms with van der Waals surface area (Å²) >= 11 is 18.2. The molecule has 0 aliphatic rings. The summed E-state index contributed by atoms with van der Waals surface area (Å²) in [5, 5.41) is 4.57. The molecule has 1 heterocycles. The van der Waals surface area contributed by atoms with Crippen molar-refractivity contribution in [1.29, 1.82) is 0 Å². The second-order valence-corrected chi connectivity index (χ2v) is 5.22. The molecule has 0 aliphatic carbocycles. The molecule has 0 amide bonds. The van der Waals surface area contributed by atoms with Crippen LogP contribution in [0.15, 0.2) is 30.3 Å². The van der Waals surface area contributed by atoms with Gasteiger partial charge in [-0.1, -0.05) is 40.9 Å². The fraction of sp³-hybridized carbons (Fsp3) is 0.214. The SMILES string of the molecule is CCNc1ccc(Cl)c(COc2c(Cl)cccc2Cl)n1. The number of rotatable bonds is 5. The van der Waals surface area contributed by atoms with Crippen LogP contribution in [0, 0.1) is 0 Å². The third kappa shape index (κ3) is 3.69. The maximum Gasteiger partial charge on any atom is 0.157 e. The molecule has 106 valence electrons. The van der Waals surface area contributed by atoms with Crippen LogP contribution in [-0.2, 0) is 6.61 Å². The lowest BCUT2D eigenvalue weighted by Crippen LogP contribution is -2.04. The fourth-order valence-electron chi connectivity index (χ4n) is 1.63. The number of nitrogens with zero attached hydrogens (tertiary/aromatic N) is 1. The first-order valence-corrected chi connectivity index (χ1v) is 7.21. The van der Waals surface area contributed by atoms with E-state index in [-0.39, 0.29) is 6.61 Å². The molecule has 3 nitrogen and oxygen atoms in total. The number of para-hydroxylation sites is 1. The van der Waals surface area contributed by atoms with Gasteiger partial charge >= 0.3 is 0 Å². The predicted octanol–water partition coefficient (Wildman–Crippen LogP) is 5.05. The maximum absolute atomic E-state index is 6.11. The number of nitrogens with one attached hydrogen (secondary N) is 1. The molecular formula is C14H13Cl3N2O. The third-order valence-corrected chi connectivity index (χ3v) is 3.49. The molecule has 0 atom stereocenters. The Labute approximate surface area is 132 Å². The van der Waals surface area contributed by atoms with E-state index >= 15 is 0 Å². The van der Waals surface area contributed by atoms with Gasteiger partial charge in [-0.25, -0.2) is 4.98 Å². The Morgan fingerprint density at radius 3 is 2.40 bits per heavy atom. The van der Waals surface area contributed by atoms with Crippen molar-refractivity contribution < 1.29 is 4.74 Å². The van der Waals surface area contributed by atoms with Gasteiger partial charge in [0.1, 0.15) is 12.4 Å². The van der Waals surface area contributed by atoms with E-state index in [0.717, 1.165) is 12.4 Å². The van der Waals surface area contributed by atoms with Crippen molar-refractivity contribution in [2.45, 2.75) is 13.5 Å². The Morgan fingerprint density at radius 2 is 1.75 bits per heavy atom. The molecule has 0 fully saturated rings. The van der Waals surface area contributed by atoms with Crippen molar-refractivity contribution in [3.05, 3.63) is 51.1 Å². The van der Waals surface area contributed by atoms with Crippen LogP contribution in [0.3, 0.4) is 0 Å². The summed E-state index contributed by atoms with van der Waals surface area (Å²) in [7, 11) is 0. The number of halogens is 3. The number of ether oxygens (including phenoxy) is 1. The van der Waals surface area contributed by atoms with E-state index in [9.17, 15) is 0 Å². The smallest absolute Gasteiger partial charge is 0.157 e. The van der Waals surface area contributed by atoms with Crippen molar-refractivity contribution in [1.82, 2.24) is 4.98 Å². The lowest BCUT2D eigenvalue weighted by atomic mass is 10.3. The first-order valence-electron chi connectivity index (χ1n) is 6.08. The highest BCUT2D eigenvalue weighted by molar-refractivity contribution is 6.37. The summed E-state index contributed by atoms with van der Waals surface area (Å²) in [5.41, 5.74) is 0.626. The van der Waals surface area contributed by atoms with E-state index in [4.69, 9.17) is 39.5 Å². The molecule has 0 saturated carbocycles. The van der Waals surface area contributed by atoms with Crippen molar-refractivity contribution in [3.63, 3.8) is 0 Å². The van der Waals surface area contributed by atoms with Gasteiger partial charge in [0.2, 0.25) is 0 Å². The van der Waals surface area contributed by atoms with Gasteiger partial charge in [0.25, 0.3) is 0 Å². The molecule has 1 aromatic heterocycles. The van der Waals surface area contributed by atoms with Gasteiger partial charge in [-0.05, 0) is 31.2 Å². The van der Waals surface area contributed by atoms with E-state index < -0.39 is 0 Å². The minimum atomic E-state index is 0.196. The summed E-state index contributed by atoms with van der Waals surface area (Å²) < 4.78 is 5.63. The Kier molecular flexibility index (Phi) is 5.35. The summed E-state index contributed by atoms with van der Waals surface area (Å²) in [6, 6.07) is 8.78. The highest BCUT2D eigenvalue weighted by Crippen LogP contribution is 2.33. The average molecular weight is 332 g/mol. The first kappa shape index (κ1) is 15.2. The Hall–Kier alpha value is -1.16. The van der Waals surface area contributed by atoms with Crippen molar-refractivity contribution >= 4 is 40.6 Å². The summed E-state index contributed by atoms with van der Waals surface area (Å²) in [4.78, 5) is 4.38. The van der Waals surface area contributed by atoms with Gasteiger partial charge in [0, 0.05) is 6.54 Å². The molecule has 6 heteroatoms. The van der Waals surface area contributed by atoms with Crippen LogP contribution < -0.4 is 10.1 Å². The molecule has 1 aromatic carbocycles. The van der Waals surface area contributed by atoms with Crippen molar-refractivity contribution in [2.24, 2.45) is 0 Å². The molecule has 0 spiro atoms. The highest BCUT2D eigenvalue weighted by Gasteiger charge is 2.10. The van der Waals surface area contributed by atoms with E-state index in [0.29, 0.717) is 26.5 Å². The molecular weight excluding hydrogens is 319 g/mol. The monoisotopic (exact) mass is 330 g/mol. The molecule has 0 saturated heterocycles. The van der Waals surface area contributed by atoms with Crippen molar-refractivity contribution in [2.75, 3.05) is 11.9 Å². The Morgan fingerprint density at radius 1 is 1.05 bits per heavy atom. The van der Waals surface area contributed by atoms with E-state index in [1.54, 1.807) is 24.3 Å². The van der Waals surface area contributed by atoms with Gasteiger partial charge in [-0.3, -0.25) is 0 Å². The minimum absolute atomic E-state index is 0.196. The molecule has 2 aromatic rings. The lowest BCUT2D eigenvalue weighted by Gasteiger charge is -2.11.